The summed E-state index contributed by atoms with van der Waals surface area (Å²) in [6, 6.07) is 0. The van der Waals surface area contributed by atoms with Crippen molar-refractivity contribution in [1.29, 1.82) is 0 Å². The lowest BCUT2D eigenvalue weighted by atomic mass is 9.70. The SMILES string of the molecule is N[C@@]1(C(=O)O)C[C@H](CCB(O)O)CC[C@H]1O. The number of aliphatic hydroxyl groups excluding tert-OH is 1. The highest BCUT2D eigenvalue weighted by atomic mass is 16.4. The summed E-state index contributed by atoms with van der Waals surface area (Å²) in [5.41, 5.74) is 4.07. The average molecular weight is 231 g/mol. The van der Waals surface area contributed by atoms with Crippen molar-refractivity contribution >= 4 is 13.1 Å². The molecule has 0 aromatic rings. The Labute approximate surface area is 94.2 Å². The maximum atomic E-state index is 11.0. The van der Waals surface area contributed by atoms with Crippen LogP contribution in [0.2, 0.25) is 6.32 Å². The molecule has 1 aliphatic carbocycles. The number of carbonyl (C=O) groups is 1. The summed E-state index contributed by atoms with van der Waals surface area (Å²) < 4.78 is 0. The van der Waals surface area contributed by atoms with E-state index in [9.17, 15) is 9.90 Å². The molecule has 0 amide bonds. The van der Waals surface area contributed by atoms with Gasteiger partial charge in [-0.1, -0.05) is 6.42 Å². The van der Waals surface area contributed by atoms with Crippen LogP contribution in [-0.4, -0.2) is 45.0 Å². The maximum Gasteiger partial charge on any atom is 0.451 e. The van der Waals surface area contributed by atoms with Crippen LogP contribution >= 0.6 is 0 Å². The number of hydrogen-bond acceptors (Lipinski definition) is 5. The summed E-state index contributed by atoms with van der Waals surface area (Å²) >= 11 is 0. The molecule has 0 bridgehead atoms. The van der Waals surface area contributed by atoms with Gasteiger partial charge in [-0.15, -0.1) is 0 Å². The van der Waals surface area contributed by atoms with Gasteiger partial charge in [-0.3, -0.25) is 4.79 Å². The van der Waals surface area contributed by atoms with Crippen molar-refractivity contribution in [1.82, 2.24) is 0 Å². The summed E-state index contributed by atoms with van der Waals surface area (Å²) in [4.78, 5) is 11.0. The zero-order chi connectivity index (χ0) is 12.3. The van der Waals surface area contributed by atoms with E-state index < -0.39 is 24.7 Å². The van der Waals surface area contributed by atoms with E-state index in [-0.39, 0.29) is 18.7 Å². The Balaban J connectivity index is 2.57. The van der Waals surface area contributed by atoms with Gasteiger partial charge >= 0.3 is 13.1 Å². The van der Waals surface area contributed by atoms with Crippen LogP contribution in [0.15, 0.2) is 0 Å². The molecule has 6 nitrogen and oxygen atoms in total. The molecule has 16 heavy (non-hydrogen) atoms. The molecule has 0 unspecified atom stereocenters. The number of aliphatic hydroxyl groups is 1. The Hall–Kier alpha value is -0.625. The first-order valence-electron chi connectivity index (χ1n) is 5.42. The van der Waals surface area contributed by atoms with Crippen LogP contribution in [0.5, 0.6) is 0 Å². The Morgan fingerprint density at radius 2 is 2.06 bits per heavy atom. The normalized spacial score (nSPS) is 34.8. The fourth-order valence-electron chi connectivity index (χ4n) is 2.23. The number of carboxylic acids is 1. The minimum absolute atomic E-state index is 0.0197. The molecule has 6 N–H and O–H groups in total. The standard InChI is InChI=1S/C9H18BNO5/c11-9(8(13)14)5-6(1-2-7(9)12)3-4-10(15)16/h6-7,12,15-16H,1-5,11H2,(H,13,14)/t6-,7+,9-/m0/s1. The first-order valence-corrected chi connectivity index (χ1v) is 5.42. The summed E-state index contributed by atoms with van der Waals surface area (Å²) in [7, 11) is -1.37. The second-order valence-corrected chi connectivity index (χ2v) is 4.57. The largest absolute Gasteiger partial charge is 0.480 e. The Morgan fingerprint density at radius 1 is 1.44 bits per heavy atom. The predicted octanol–water partition coefficient (Wildman–Crippen LogP) is -1.21. The molecule has 0 heterocycles. The first-order chi connectivity index (χ1) is 7.36. The van der Waals surface area contributed by atoms with E-state index in [0.717, 1.165) is 0 Å². The lowest BCUT2D eigenvalue weighted by Crippen LogP contribution is -2.60. The van der Waals surface area contributed by atoms with E-state index in [0.29, 0.717) is 19.3 Å². The molecular weight excluding hydrogens is 213 g/mol. The van der Waals surface area contributed by atoms with Crippen LogP contribution in [0.3, 0.4) is 0 Å². The summed E-state index contributed by atoms with van der Waals surface area (Å²) in [6.45, 7) is 0. The van der Waals surface area contributed by atoms with Crippen LogP contribution in [0, 0.1) is 5.92 Å². The minimum atomic E-state index is -1.59. The molecule has 7 heteroatoms. The lowest BCUT2D eigenvalue weighted by Gasteiger charge is -2.38. The Kier molecular flexibility index (Phi) is 4.31. The molecule has 0 aliphatic heterocycles. The smallest absolute Gasteiger partial charge is 0.451 e. The highest BCUT2D eigenvalue weighted by Gasteiger charge is 2.46. The number of nitrogens with two attached hydrogens (primary N) is 1. The molecule has 0 aromatic heterocycles. The average Bonchev–Trinajstić information content (AvgIpc) is 2.19. The van der Waals surface area contributed by atoms with Gasteiger partial charge < -0.3 is 26.0 Å². The van der Waals surface area contributed by atoms with Crippen LogP contribution in [0.25, 0.3) is 0 Å². The highest BCUT2D eigenvalue weighted by Crippen LogP contribution is 2.34. The van der Waals surface area contributed by atoms with Crippen LogP contribution in [0.4, 0.5) is 0 Å². The molecule has 0 spiro atoms. The van der Waals surface area contributed by atoms with Gasteiger partial charge in [0.05, 0.1) is 6.10 Å². The van der Waals surface area contributed by atoms with Gasteiger partial charge in [0.2, 0.25) is 0 Å². The van der Waals surface area contributed by atoms with Gasteiger partial charge in [-0.2, -0.15) is 0 Å². The van der Waals surface area contributed by atoms with Crippen molar-refractivity contribution < 1.29 is 25.1 Å². The van der Waals surface area contributed by atoms with Crippen LogP contribution in [0.1, 0.15) is 25.7 Å². The second-order valence-electron chi connectivity index (χ2n) is 4.57. The molecule has 0 radical (unpaired) electrons. The monoisotopic (exact) mass is 231 g/mol. The molecule has 1 fully saturated rings. The van der Waals surface area contributed by atoms with Gasteiger partial charge in [-0.25, -0.2) is 0 Å². The van der Waals surface area contributed by atoms with Crippen molar-refractivity contribution in [2.75, 3.05) is 0 Å². The lowest BCUT2D eigenvalue weighted by molar-refractivity contribution is -0.151. The molecule has 3 atom stereocenters. The van der Waals surface area contributed by atoms with E-state index in [1.807, 2.05) is 0 Å². The fraction of sp³-hybridized carbons (Fsp3) is 0.889. The Bertz CT molecular complexity index is 262. The van der Waals surface area contributed by atoms with E-state index in [4.69, 9.17) is 20.9 Å². The van der Waals surface area contributed by atoms with Gasteiger partial charge in [0.1, 0.15) is 5.54 Å². The molecule has 1 aliphatic rings. The zero-order valence-corrected chi connectivity index (χ0v) is 9.04. The zero-order valence-electron chi connectivity index (χ0n) is 9.04. The van der Waals surface area contributed by atoms with E-state index in [1.165, 1.54) is 0 Å². The van der Waals surface area contributed by atoms with Crippen LogP contribution in [-0.2, 0) is 4.79 Å². The number of hydrogen-bond donors (Lipinski definition) is 5. The van der Waals surface area contributed by atoms with E-state index >= 15 is 0 Å². The van der Waals surface area contributed by atoms with Crippen molar-refractivity contribution in [2.24, 2.45) is 11.7 Å². The number of rotatable bonds is 4. The van der Waals surface area contributed by atoms with Crippen molar-refractivity contribution in [3.8, 4) is 0 Å². The molecule has 1 rings (SSSR count). The topological polar surface area (TPSA) is 124 Å². The minimum Gasteiger partial charge on any atom is -0.480 e. The van der Waals surface area contributed by atoms with E-state index in [1.54, 1.807) is 0 Å². The van der Waals surface area contributed by atoms with Crippen molar-refractivity contribution in [3.63, 3.8) is 0 Å². The third-order valence-electron chi connectivity index (χ3n) is 3.30. The van der Waals surface area contributed by atoms with E-state index in [2.05, 4.69) is 0 Å². The third-order valence-corrected chi connectivity index (χ3v) is 3.30. The molecule has 92 valence electrons. The second kappa shape index (κ2) is 5.14. The fourth-order valence-corrected chi connectivity index (χ4v) is 2.23. The summed E-state index contributed by atoms with van der Waals surface area (Å²) in [6.07, 6.45) is 0.874. The first kappa shape index (κ1) is 13.4. The number of aliphatic carboxylic acids is 1. The van der Waals surface area contributed by atoms with Gasteiger partial charge in [0, 0.05) is 0 Å². The van der Waals surface area contributed by atoms with Crippen molar-refractivity contribution in [3.05, 3.63) is 0 Å². The summed E-state index contributed by atoms with van der Waals surface area (Å²) in [5.74, 6) is -1.18. The quantitative estimate of drug-likeness (QED) is 0.387. The van der Waals surface area contributed by atoms with Crippen molar-refractivity contribution in [2.45, 2.75) is 43.6 Å². The Morgan fingerprint density at radius 3 is 2.56 bits per heavy atom. The van der Waals surface area contributed by atoms with Gasteiger partial charge in [0.25, 0.3) is 0 Å². The summed E-state index contributed by atoms with van der Waals surface area (Å²) in [5, 5.41) is 36.0. The highest BCUT2D eigenvalue weighted by molar-refractivity contribution is 6.40. The van der Waals surface area contributed by atoms with Crippen LogP contribution < -0.4 is 5.73 Å². The van der Waals surface area contributed by atoms with Gasteiger partial charge in [0.15, 0.2) is 0 Å². The maximum absolute atomic E-state index is 11.0. The van der Waals surface area contributed by atoms with Gasteiger partial charge in [-0.05, 0) is 31.5 Å². The molecule has 0 saturated heterocycles. The molecule has 0 aromatic carbocycles. The third kappa shape index (κ3) is 2.94. The number of carboxylic acid groups (broad SMARTS) is 1. The molecular formula is C9H18BNO5. The molecule has 1 saturated carbocycles. The predicted molar refractivity (Wildman–Crippen MR) is 57.5 cm³/mol.